The van der Waals surface area contributed by atoms with E-state index in [1.54, 1.807) is 0 Å². The Balaban J connectivity index is -0.000000846. The second-order valence-corrected chi connectivity index (χ2v) is 15.0. The predicted molar refractivity (Wildman–Crippen MR) is 206 cm³/mol. The summed E-state index contributed by atoms with van der Waals surface area (Å²) in [5.41, 5.74) is 0. The number of rotatable bonds is 40. The van der Waals surface area contributed by atoms with E-state index in [0.29, 0.717) is 0 Å². The molecule has 5 heteroatoms. The van der Waals surface area contributed by atoms with Crippen molar-refractivity contribution in [3.05, 3.63) is 0 Å². The molecule has 0 spiro atoms. The van der Waals surface area contributed by atoms with Crippen LogP contribution in [0.15, 0.2) is 0 Å². The minimum atomic E-state index is -0.901. The fourth-order valence-electron chi connectivity index (χ4n) is 6.70. The Kier molecular flexibility index (Phi) is 53.4. The fourth-order valence-corrected chi connectivity index (χ4v) is 6.70. The van der Waals surface area contributed by atoms with Crippen LogP contribution >= 0.6 is 0 Å². The third-order valence-corrected chi connectivity index (χ3v) is 9.97. The Bertz CT molecular complexity index is 560. The number of carbonyl (C=O) groups excluding carboxylic acids is 2. The van der Waals surface area contributed by atoms with Gasteiger partial charge in [0, 0.05) is 11.9 Å². The van der Waals surface area contributed by atoms with Crippen LogP contribution in [0, 0.1) is 0 Å². The van der Waals surface area contributed by atoms with Gasteiger partial charge in [-0.3, -0.25) is 0 Å². The Labute approximate surface area is 318 Å². The van der Waals surface area contributed by atoms with Crippen molar-refractivity contribution in [3.63, 3.8) is 0 Å². The summed E-state index contributed by atoms with van der Waals surface area (Å²) in [5, 5.41) is 20.5. The summed E-state index contributed by atoms with van der Waals surface area (Å²) in [6.07, 6.45) is 51.5. The molecule has 0 saturated carbocycles. The van der Waals surface area contributed by atoms with Crippen molar-refractivity contribution in [1.29, 1.82) is 0 Å². The average molecular weight is 735 g/mol. The van der Waals surface area contributed by atoms with Crippen molar-refractivity contribution in [2.45, 2.75) is 271 Å². The molecule has 0 atom stereocenters. The third-order valence-electron chi connectivity index (χ3n) is 9.97. The molecule has 49 heavy (non-hydrogen) atoms. The molecule has 0 aromatic heterocycles. The van der Waals surface area contributed by atoms with Crippen LogP contribution in [0.1, 0.15) is 271 Å². The summed E-state index contributed by atoms with van der Waals surface area (Å²) >= 11 is 0. The standard InChI is InChI=1S/2C22H44O2.Fe/c2*1-2-3-4-5-6-7-8-9-10-11-12-13-14-15-16-17-18-19-20-21-22(23)24;/h2*2-21H2,1H3,(H,23,24);/q;;+2/p-2. The van der Waals surface area contributed by atoms with Crippen LogP contribution < -0.4 is 10.2 Å². The summed E-state index contributed by atoms with van der Waals surface area (Å²) in [7, 11) is 0. The van der Waals surface area contributed by atoms with Gasteiger partial charge in [-0.25, -0.2) is 0 Å². The van der Waals surface area contributed by atoms with Gasteiger partial charge in [0.1, 0.15) is 0 Å². The molecule has 0 heterocycles. The predicted octanol–water partition coefficient (Wildman–Crippen LogP) is 13.1. The first-order chi connectivity index (χ1) is 23.5. The van der Waals surface area contributed by atoms with Gasteiger partial charge in [-0.15, -0.1) is 0 Å². The molecule has 0 unspecified atom stereocenters. The smallest absolute Gasteiger partial charge is 0.550 e. The summed E-state index contributed by atoms with van der Waals surface area (Å²) in [5.74, 6) is -1.80. The van der Waals surface area contributed by atoms with Crippen molar-refractivity contribution in [2.24, 2.45) is 0 Å². The molecule has 294 valence electrons. The zero-order chi connectivity index (χ0) is 35.4. The molecule has 0 N–H and O–H groups in total. The topological polar surface area (TPSA) is 80.3 Å². The van der Waals surface area contributed by atoms with Crippen LogP contribution in [-0.2, 0) is 26.7 Å². The van der Waals surface area contributed by atoms with Crippen LogP contribution in [0.25, 0.3) is 0 Å². The van der Waals surface area contributed by atoms with E-state index >= 15 is 0 Å². The zero-order valence-corrected chi connectivity index (χ0v) is 34.4. The number of carboxylic acid groups (broad SMARTS) is 2. The maximum atomic E-state index is 10.3. The number of hydrogen-bond donors (Lipinski definition) is 0. The minimum Gasteiger partial charge on any atom is -0.550 e. The van der Waals surface area contributed by atoms with E-state index in [1.165, 1.54) is 218 Å². The maximum Gasteiger partial charge on any atom is 2.00 e. The van der Waals surface area contributed by atoms with Crippen molar-refractivity contribution in [1.82, 2.24) is 0 Å². The number of aliphatic carboxylic acids is 2. The molecule has 0 bridgehead atoms. The first-order valence-electron chi connectivity index (χ1n) is 21.9. The molecule has 0 aliphatic heterocycles. The van der Waals surface area contributed by atoms with E-state index in [2.05, 4.69) is 13.8 Å². The largest absolute Gasteiger partial charge is 2.00 e. The normalized spacial score (nSPS) is 10.8. The monoisotopic (exact) mass is 735 g/mol. The van der Waals surface area contributed by atoms with Crippen molar-refractivity contribution < 1.29 is 36.9 Å². The number of carbonyl (C=O) groups is 2. The molecule has 0 fully saturated rings. The van der Waals surface area contributed by atoms with E-state index in [9.17, 15) is 19.8 Å². The molecule has 0 aromatic rings. The third kappa shape index (κ3) is 57.1. The molecular formula is C44H86FeO4. The Morgan fingerprint density at radius 3 is 0.510 bits per heavy atom. The van der Waals surface area contributed by atoms with Gasteiger partial charge in [-0.2, -0.15) is 0 Å². The van der Waals surface area contributed by atoms with E-state index in [1.807, 2.05) is 0 Å². The summed E-state index contributed by atoms with van der Waals surface area (Å²) < 4.78 is 0. The van der Waals surface area contributed by atoms with Gasteiger partial charge in [0.15, 0.2) is 0 Å². The fraction of sp³-hybridized carbons (Fsp3) is 0.955. The van der Waals surface area contributed by atoms with Crippen LogP contribution in [-0.4, -0.2) is 11.9 Å². The van der Waals surface area contributed by atoms with Gasteiger partial charge < -0.3 is 19.8 Å². The van der Waals surface area contributed by atoms with Crippen molar-refractivity contribution in [3.8, 4) is 0 Å². The SMILES string of the molecule is CCCCCCCCCCCCCCCCCCCCCC(=O)[O-].CCCCCCCCCCCCCCCCCCCCCC(=O)[O-].[Fe+2]. The molecule has 0 aliphatic rings. The first-order valence-corrected chi connectivity index (χ1v) is 21.9. The molecule has 0 saturated heterocycles. The van der Waals surface area contributed by atoms with E-state index in [4.69, 9.17) is 0 Å². The first kappa shape index (κ1) is 52.8. The summed E-state index contributed by atoms with van der Waals surface area (Å²) in [4.78, 5) is 20.5. The molecule has 0 radical (unpaired) electrons. The van der Waals surface area contributed by atoms with Crippen LogP contribution in [0.2, 0.25) is 0 Å². The van der Waals surface area contributed by atoms with E-state index < -0.39 is 11.9 Å². The molecule has 0 rings (SSSR count). The van der Waals surface area contributed by atoms with Crippen LogP contribution in [0.4, 0.5) is 0 Å². The summed E-state index contributed by atoms with van der Waals surface area (Å²) in [6, 6.07) is 0. The Morgan fingerprint density at radius 1 is 0.265 bits per heavy atom. The minimum absolute atomic E-state index is 0. The molecular weight excluding hydrogens is 648 g/mol. The van der Waals surface area contributed by atoms with Crippen LogP contribution in [0.5, 0.6) is 0 Å². The van der Waals surface area contributed by atoms with Gasteiger partial charge >= 0.3 is 17.1 Å². The average Bonchev–Trinajstić information content (AvgIpc) is 3.07. The van der Waals surface area contributed by atoms with E-state index in [0.717, 1.165) is 25.7 Å². The van der Waals surface area contributed by atoms with Gasteiger partial charge in [0.25, 0.3) is 0 Å². The quantitative estimate of drug-likeness (QED) is 0.0464. The second kappa shape index (κ2) is 49.6. The Hall–Kier alpha value is -0.541. The molecule has 0 aliphatic carbocycles. The van der Waals surface area contributed by atoms with E-state index in [-0.39, 0.29) is 29.9 Å². The second-order valence-electron chi connectivity index (χ2n) is 15.0. The number of carboxylic acids is 2. The zero-order valence-electron chi connectivity index (χ0n) is 33.3. The van der Waals surface area contributed by atoms with Gasteiger partial charge in [-0.05, 0) is 25.7 Å². The van der Waals surface area contributed by atoms with Crippen molar-refractivity contribution in [2.75, 3.05) is 0 Å². The van der Waals surface area contributed by atoms with Gasteiger partial charge in [0.2, 0.25) is 0 Å². The number of hydrogen-bond acceptors (Lipinski definition) is 4. The van der Waals surface area contributed by atoms with Crippen molar-refractivity contribution >= 4 is 11.9 Å². The maximum absolute atomic E-state index is 10.3. The van der Waals surface area contributed by atoms with Gasteiger partial charge in [-0.1, -0.05) is 245 Å². The molecule has 4 nitrogen and oxygen atoms in total. The number of unbranched alkanes of at least 4 members (excludes halogenated alkanes) is 36. The molecule has 0 amide bonds. The summed E-state index contributed by atoms with van der Waals surface area (Å²) in [6.45, 7) is 4.56. The molecule has 0 aromatic carbocycles. The van der Waals surface area contributed by atoms with Crippen LogP contribution in [0.3, 0.4) is 0 Å². The Morgan fingerprint density at radius 2 is 0.388 bits per heavy atom. The van der Waals surface area contributed by atoms with Gasteiger partial charge in [0.05, 0.1) is 0 Å².